The number of anilines is 1. The summed E-state index contributed by atoms with van der Waals surface area (Å²) in [6.07, 6.45) is 8.12. The number of nitro groups is 1. The van der Waals surface area contributed by atoms with Gasteiger partial charge in [0.15, 0.2) is 0 Å². The molecule has 0 spiro atoms. The van der Waals surface area contributed by atoms with Gasteiger partial charge in [-0.3, -0.25) is 19.8 Å². The average molecular weight is 943 g/mol. The van der Waals surface area contributed by atoms with Gasteiger partial charge in [0.2, 0.25) is 0 Å². The Hall–Kier alpha value is -5.05. The summed E-state index contributed by atoms with van der Waals surface area (Å²) in [7, 11) is -6.66. The number of hydrogen-bond acceptors (Lipinski definition) is 11. The number of carbonyl (C=O) groups is 1. The number of ether oxygens (including phenoxy) is 1. The minimum absolute atomic E-state index is 0.0182. The number of nitrogens with one attached hydrogen (secondary N) is 2. The molecule has 1 amide bonds. The van der Waals surface area contributed by atoms with Crippen molar-refractivity contribution in [3.8, 4) is 11.5 Å². The molecule has 14 nitrogen and oxygen atoms in total. The third-order valence-corrected chi connectivity index (χ3v) is 16.9. The molecule has 2 fully saturated rings. The van der Waals surface area contributed by atoms with E-state index in [1.54, 1.807) is 30.5 Å². The predicted octanol–water partition coefficient (Wildman–Crippen LogP) is 9.31. The van der Waals surface area contributed by atoms with Crippen LogP contribution in [0.15, 0.2) is 95.7 Å². The second-order valence-electron chi connectivity index (χ2n) is 18.9. The van der Waals surface area contributed by atoms with Gasteiger partial charge < -0.3 is 24.1 Å². The minimum Gasteiger partial charge on any atom is -0.455 e. The molecule has 8 rings (SSSR count). The molecule has 3 aromatic carbocycles. The second kappa shape index (κ2) is 19.0. The number of allylic oxidation sites excluding steroid dienone is 1. The molecule has 65 heavy (non-hydrogen) atoms. The summed E-state index contributed by atoms with van der Waals surface area (Å²) < 4.78 is 48.5. The number of carbonyl (C=O) groups excluding carboxylic acids is 1. The molecule has 2 N–H and O–H groups in total. The van der Waals surface area contributed by atoms with Gasteiger partial charge in [0.05, 0.1) is 28.7 Å². The van der Waals surface area contributed by atoms with E-state index in [9.17, 15) is 27.9 Å². The van der Waals surface area contributed by atoms with E-state index in [0.717, 1.165) is 74.1 Å². The third-order valence-electron chi connectivity index (χ3n) is 13.1. The van der Waals surface area contributed by atoms with E-state index in [2.05, 4.69) is 55.4 Å². The lowest BCUT2D eigenvalue weighted by molar-refractivity contribution is -0.385. The zero-order chi connectivity index (χ0) is 46.1. The monoisotopic (exact) mass is 941 g/mol. The van der Waals surface area contributed by atoms with Crippen molar-refractivity contribution in [2.75, 3.05) is 76.2 Å². The zero-order valence-corrected chi connectivity index (χ0v) is 39.9. The number of halogens is 1. The number of nitrogens with zero attached hydrogens (tertiary/aromatic N) is 5. The topological polar surface area (TPSA) is 171 Å². The minimum atomic E-state index is -4.57. The Kier molecular flexibility index (Phi) is 13.6. The Balaban J connectivity index is 0.988. The van der Waals surface area contributed by atoms with Gasteiger partial charge in [-0.2, -0.15) is 0 Å². The molecule has 2 aromatic heterocycles. The molecule has 5 aromatic rings. The average Bonchev–Trinajstić information content (AvgIpc) is 3.73. The zero-order valence-electron chi connectivity index (χ0n) is 37.4. The van der Waals surface area contributed by atoms with Crippen LogP contribution in [0.4, 0.5) is 11.4 Å². The van der Waals surface area contributed by atoms with Crippen molar-refractivity contribution < 1.29 is 27.4 Å². The number of piperazine rings is 1. The lowest BCUT2D eigenvalue weighted by atomic mass is 9.72. The van der Waals surface area contributed by atoms with Crippen LogP contribution in [0.3, 0.4) is 0 Å². The maximum absolute atomic E-state index is 14.0. The van der Waals surface area contributed by atoms with Crippen LogP contribution in [0.5, 0.6) is 11.5 Å². The van der Waals surface area contributed by atoms with Crippen molar-refractivity contribution >= 4 is 62.7 Å². The van der Waals surface area contributed by atoms with E-state index in [1.165, 1.54) is 35.0 Å². The van der Waals surface area contributed by atoms with Crippen molar-refractivity contribution in [3.63, 3.8) is 0 Å². The summed E-state index contributed by atoms with van der Waals surface area (Å²) in [5.74, 6) is -0.458. The van der Waals surface area contributed by atoms with Gasteiger partial charge >= 0.3 is 0 Å². The Morgan fingerprint density at radius 2 is 1.74 bits per heavy atom. The molecule has 3 aliphatic rings. The Morgan fingerprint density at radius 3 is 2.46 bits per heavy atom. The first-order valence-corrected chi connectivity index (χ1v) is 26.6. The molecule has 0 unspecified atom stereocenters. The number of benzene rings is 3. The van der Waals surface area contributed by atoms with Gasteiger partial charge in [0, 0.05) is 105 Å². The van der Waals surface area contributed by atoms with E-state index in [-0.39, 0.29) is 28.3 Å². The summed E-state index contributed by atoms with van der Waals surface area (Å²) in [6, 6.07) is 20.6. The molecule has 2 saturated heterocycles. The van der Waals surface area contributed by atoms with Crippen molar-refractivity contribution in [3.05, 3.63) is 123 Å². The summed E-state index contributed by atoms with van der Waals surface area (Å²) in [5.41, 5.74) is 5.80. The quantitative estimate of drug-likeness (QED) is 0.0618. The number of H-pyrrole nitrogens is 1. The highest BCUT2D eigenvalue weighted by Gasteiger charge is 2.31. The van der Waals surface area contributed by atoms with Gasteiger partial charge in [-0.1, -0.05) is 56.1 Å². The summed E-state index contributed by atoms with van der Waals surface area (Å²) in [4.78, 5) is 39.7. The smallest absolute Gasteiger partial charge is 0.273 e. The van der Waals surface area contributed by atoms with Crippen molar-refractivity contribution in [1.82, 2.24) is 24.5 Å². The normalized spacial score (nSPS) is 18.7. The molecule has 0 radical (unpaired) electrons. The molecule has 2 aliphatic heterocycles. The number of aromatic amines is 1. The van der Waals surface area contributed by atoms with Crippen LogP contribution in [0.2, 0.25) is 5.02 Å². The molecular weight excluding hydrogens is 885 g/mol. The van der Waals surface area contributed by atoms with E-state index >= 15 is 0 Å². The number of sulfonamides is 1. The highest BCUT2D eigenvalue weighted by atomic mass is 35.5. The van der Waals surface area contributed by atoms with Gasteiger partial charge in [0.1, 0.15) is 17.1 Å². The fourth-order valence-corrected chi connectivity index (χ4v) is 12.0. The van der Waals surface area contributed by atoms with Crippen molar-refractivity contribution in [1.29, 1.82) is 0 Å². The molecule has 1 aliphatic carbocycles. The van der Waals surface area contributed by atoms with Crippen LogP contribution >= 0.6 is 18.7 Å². The Bertz CT molecular complexity index is 2780. The van der Waals surface area contributed by atoms with Crippen LogP contribution in [0.1, 0.15) is 61.5 Å². The molecule has 0 bridgehead atoms. The fraction of sp³-hybridized carbons (Fsp3) is 0.417. The first-order chi connectivity index (χ1) is 30.9. The predicted molar refractivity (Wildman–Crippen MR) is 258 cm³/mol. The fourth-order valence-electron chi connectivity index (χ4n) is 9.26. The first-order valence-electron chi connectivity index (χ1n) is 22.2. The van der Waals surface area contributed by atoms with E-state index < -0.39 is 32.9 Å². The molecule has 344 valence electrons. The third kappa shape index (κ3) is 11.3. The van der Waals surface area contributed by atoms with Gasteiger partial charge in [-0.25, -0.2) is 18.1 Å². The van der Waals surface area contributed by atoms with Crippen LogP contribution < -0.4 is 14.4 Å². The molecule has 0 saturated carbocycles. The van der Waals surface area contributed by atoms with Crippen LogP contribution in [-0.4, -0.2) is 110 Å². The molecule has 1 atom stereocenters. The number of fused-ring (bicyclic) bond motifs is 1. The largest absolute Gasteiger partial charge is 0.455 e. The number of aromatic nitrogens is 2. The number of pyridine rings is 1. The van der Waals surface area contributed by atoms with Crippen LogP contribution in [-0.2, 0) is 21.0 Å². The lowest BCUT2D eigenvalue weighted by Gasteiger charge is -2.39. The Labute approximate surface area is 386 Å². The van der Waals surface area contributed by atoms with E-state index in [1.807, 2.05) is 31.8 Å². The molecule has 4 heterocycles. The second-order valence-corrected chi connectivity index (χ2v) is 24.5. The SMILES string of the molecule is C[C@H](Cc1ccc(S(=O)(=O)NC(=O)c2ccc(N3CCN(CC4=C(c5ccc(Cl)cc5)CC(C)(C)CC4)CC3)cc2Oc2cnc3[nH]ccc3c2)cc1[N+](=O)[O-])CN1CCP(C)(=O)CC1. The number of hydrogen-bond donors (Lipinski definition) is 2. The first kappa shape index (κ1) is 46.5. The van der Waals surface area contributed by atoms with Gasteiger partial charge in [0.25, 0.3) is 21.6 Å². The number of nitro benzene ring substituents is 1. The highest BCUT2D eigenvalue weighted by Crippen LogP contribution is 2.44. The maximum Gasteiger partial charge on any atom is 0.273 e. The van der Waals surface area contributed by atoms with Crippen LogP contribution in [0.25, 0.3) is 16.6 Å². The van der Waals surface area contributed by atoms with Crippen LogP contribution in [0, 0.1) is 21.4 Å². The highest BCUT2D eigenvalue weighted by molar-refractivity contribution is 7.90. The maximum atomic E-state index is 14.0. The Morgan fingerprint density at radius 1 is 1.00 bits per heavy atom. The van der Waals surface area contributed by atoms with Crippen molar-refractivity contribution in [2.45, 2.75) is 51.3 Å². The molecular formula is C48H57ClN7O7PS. The number of rotatable bonds is 14. The van der Waals surface area contributed by atoms with E-state index in [4.69, 9.17) is 16.3 Å². The lowest BCUT2D eigenvalue weighted by Crippen LogP contribution is -2.47. The standard InChI is InChI=1S/C48H57ClN7O7PS/c1-33(31-54-21-23-64(4,60)24-22-54)25-35-7-11-41(28-44(35)56(58)59)65(61,62)52-47(57)42-12-10-39(27-45(42)63-40-26-36-14-16-50-46(36)51-30-40)55-19-17-53(18-20-55)32-37-13-15-48(2,3)29-43(37)34-5-8-38(49)9-6-34/h5-12,14,16,26-28,30,33H,13,15,17-25,29,31-32H2,1-4H3,(H,50,51)(H,52,57)/t33-/m1/s1. The van der Waals surface area contributed by atoms with Gasteiger partial charge in [-0.05, 0) is 97.3 Å². The molecule has 17 heteroatoms. The summed E-state index contributed by atoms with van der Waals surface area (Å²) >= 11 is 6.25. The van der Waals surface area contributed by atoms with E-state index in [0.29, 0.717) is 55.3 Å². The van der Waals surface area contributed by atoms with Gasteiger partial charge in [-0.15, -0.1) is 0 Å². The number of amides is 1. The van der Waals surface area contributed by atoms with Crippen molar-refractivity contribution in [2.24, 2.45) is 11.3 Å². The summed E-state index contributed by atoms with van der Waals surface area (Å²) in [6.45, 7) is 14.5. The summed E-state index contributed by atoms with van der Waals surface area (Å²) in [5, 5.41) is 13.8.